The van der Waals surface area contributed by atoms with E-state index in [2.05, 4.69) is 49.8 Å². The number of aromatic nitrogens is 14. The number of ether oxygens (including phenoxy) is 4. The third-order valence-corrected chi connectivity index (χ3v) is 15.6. The van der Waals surface area contributed by atoms with Gasteiger partial charge >= 0.3 is 34.8 Å². The van der Waals surface area contributed by atoms with Crippen molar-refractivity contribution in [2.24, 2.45) is 0 Å². The van der Waals surface area contributed by atoms with Crippen molar-refractivity contribution in [3.05, 3.63) is 67.0 Å². The SMILES string of the molecule is Nc1ncn([C@H]2C[C@@H](OP(=O)(O)OC[C@H]3O[C@@H](n4cnc5c(=O)[nH]c(N)nc54)C[C@H]3O)[C@@H](COP(=O)(O)O[C@@H]3C[C@H](n4cnc(N)nc4=O)O[C@@H]3COP(=O)(O)O[C@@H]3C[C@H](n4cnc5c(=O)[nH]c(N)nc54)O[C@@H]3CO)O2)c(=O)n1. The molecular formula is C36H47N18O22P3. The van der Waals surface area contributed by atoms with Crippen molar-refractivity contribution in [3.63, 3.8) is 0 Å². The number of phosphoric acid groups is 3. The van der Waals surface area contributed by atoms with Crippen LogP contribution < -0.4 is 45.4 Å². The van der Waals surface area contributed by atoms with E-state index >= 15 is 0 Å². The topological polar surface area (TPSA) is 571 Å². The molecule has 6 aromatic heterocycles. The minimum atomic E-state index is -5.40. The van der Waals surface area contributed by atoms with Gasteiger partial charge in [0.15, 0.2) is 22.3 Å². The number of imidazole rings is 2. The van der Waals surface area contributed by atoms with Gasteiger partial charge in [-0.25, -0.2) is 43.2 Å². The van der Waals surface area contributed by atoms with Crippen molar-refractivity contribution >= 4 is 69.6 Å². The normalized spacial score (nSPS) is 29.5. The summed E-state index contributed by atoms with van der Waals surface area (Å²) in [5.41, 5.74) is 19.1. The predicted octanol–water partition coefficient (Wildman–Crippen LogP) is -4.10. The highest BCUT2D eigenvalue weighted by molar-refractivity contribution is 7.48. The molecule has 4 aliphatic rings. The molecule has 4 saturated heterocycles. The van der Waals surface area contributed by atoms with Crippen molar-refractivity contribution in [2.45, 2.75) is 99.4 Å². The zero-order chi connectivity index (χ0) is 56.3. The van der Waals surface area contributed by atoms with Crippen LogP contribution in [0.3, 0.4) is 0 Å². The molecule has 15 atom stereocenters. The molecule has 0 saturated carbocycles. The first-order chi connectivity index (χ1) is 37.4. The van der Waals surface area contributed by atoms with Gasteiger partial charge in [-0.15, -0.1) is 0 Å². The monoisotopic (exact) mass is 1180 g/mol. The van der Waals surface area contributed by atoms with E-state index in [1.165, 1.54) is 21.8 Å². The van der Waals surface area contributed by atoms with Crippen molar-refractivity contribution in [2.75, 3.05) is 49.4 Å². The first-order valence-electron chi connectivity index (χ1n) is 23.2. The smallest absolute Gasteiger partial charge is 0.394 e. The summed E-state index contributed by atoms with van der Waals surface area (Å²) in [6.45, 7) is -3.45. The molecule has 0 radical (unpaired) electrons. The summed E-state index contributed by atoms with van der Waals surface area (Å²) in [5, 5.41) is 20.9. The molecule has 428 valence electrons. The predicted molar refractivity (Wildman–Crippen MR) is 256 cm³/mol. The van der Waals surface area contributed by atoms with Crippen molar-refractivity contribution in [1.29, 1.82) is 0 Å². The fraction of sp³-hybridized carbons (Fsp3) is 0.556. The van der Waals surface area contributed by atoms with Crippen LogP contribution in [-0.2, 0) is 59.8 Å². The van der Waals surface area contributed by atoms with Crippen LogP contribution in [0.15, 0.2) is 44.5 Å². The van der Waals surface area contributed by atoms with Gasteiger partial charge in [0.05, 0.1) is 45.2 Å². The molecule has 79 heavy (non-hydrogen) atoms. The zero-order valence-corrected chi connectivity index (χ0v) is 42.8. The number of nitrogens with zero attached hydrogens (tertiary/aromatic N) is 12. The van der Waals surface area contributed by atoms with Gasteiger partial charge < -0.3 is 66.8 Å². The fourth-order valence-corrected chi connectivity index (χ4v) is 11.8. The number of rotatable bonds is 20. The van der Waals surface area contributed by atoms with Gasteiger partial charge in [0.1, 0.15) is 80.3 Å². The van der Waals surface area contributed by atoms with Gasteiger partial charge in [-0.1, -0.05) is 0 Å². The number of nitrogen functional groups attached to an aromatic ring is 4. The van der Waals surface area contributed by atoms with Gasteiger partial charge in [-0.2, -0.15) is 19.9 Å². The Morgan fingerprint density at radius 3 is 1.30 bits per heavy atom. The van der Waals surface area contributed by atoms with Crippen molar-refractivity contribution in [1.82, 2.24) is 68.1 Å². The molecule has 6 aromatic rings. The maximum atomic E-state index is 13.8. The number of phosphoric ester groups is 3. The van der Waals surface area contributed by atoms with Crippen LogP contribution in [0.25, 0.3) is 22.3 Å². The molecule has 15 N–H and O–H groups in total. The zero-order valence-electron chi connectivity index (χ0n) is 40.1. The Hall–Kier alpha value is -6.39. The van der Waals surface area contributed by atoms with E-state index in [4.69, 9.17) is 69.0 Å². The summed E-state index contributed by atoms with van der Waals surface area (Å²) in [4.78, 5) is 119. The van der Waals surface area contributed by atoms with Gasteiger partial charge in [0.25, 0.3) is 11.1 Å². The first-order valence-corrected chi connectivity index (χ1v) is 27.6. The first kappa shape index (κ1) is 55.9. The Balaban J connectivity index is 0.809. The highest BCUT2D eigenvalue weighted by Crippen LogP contribution is 2.53. The number of nitrogens with two attached hydrogens (primary N) is 4. The lowest BCUT2D eigenvalue weighted by Crippen LogP contribution is -2.32. The van der Waals surface area contributed by atoms with E-state index < -0.39 is 171 Å². The Morgan fingerprint density at radius 2 is 0.886 bits per heavy atom. The van der Waals surface area contributed by atoms with Crippen LogP contribution in [0.5, 0.6) is 0 Å². The number of aliphatic hydroxyl groups excluding tert-OH is 2. The van der Waals surface area contributed by atoms with Crippen LogP contribution >= 0.6 is 23.5 Å². The minimum absolute atomic E-state index is 0.00204. The molecule has 4 aliphatic heterocycles. The second-order valence-corrected chi connectivity index (χ2v) is 22.0. The van der Waals surface area contributed by atoms with E-state index in [0.29, 0.717) is 0 Å². The lowest BCUT2D eigenvalue weighted by Gasteiger charge is -2.25. The lowest BCUT2D eigenvalue weighted by molar-refractivity contribution is -0.0636. The Morgan fingerprint density at radius 1 is 0.532 bits per heavy atom. The molecule has 43 heteroatoms. The number of H-pyrrole nitrogens is 2. The Labute approximate surface area is 437 Å². The maximum Gasteiger partial charge on any atom is 0.472 e. The number of aromatic amines is 2. The Bertz CT molecular complexity index is 3650. The van der Waals surface area contributed by atoms with Crippen LogP contribution in [-0.4, -0.2) is 168 Å². The molecule has 4 fully saturated rings. The summed E-state index contributed by atoms with van der Waals surface area (Å²) < 4.78 is 101. The van der Waals surface area contributed by atoms with Gasteiger partial charge in [-0.05, 0) is 0 Å². The summed E-state index contributed by atoms with van der Waals surface area (Å²) in [6, 6.07) is 0. The quantitative estimate of drug-likeness (QED) is 0.0324. The number of fused-ring (bicyclic) bond motifs is 2. The average Bonchev–Trinajstić information content (AvgIpc) is 4.46. The average molecular weight is 1180 g/mol. The van der Waals surface area contributed by atoms with E-state index in [9.17, 15) is 57.8 Å². The fourth-order valence-electron chi connectivity index (χ4n) is 8.97. The van der Waals surface area contributed by atoms with E-state index in [-0.39, 0.29) is 47.1 Å². The number of nitrogens with one attached hydrogen (secondary N) is 2. The molecule has 3 unspecified atom stereocenters. The number of hydrogen-bond donors (Lipinski definition) is 11. The molecular weight excluding hydrogens is 1130 g/mol. The summed E-state index contributed by atoms with van der Waals surface area (Å²) in [7, 11) is -15.8. The van der Waals surface area contributed by atoms with Gasteiger partial charge in [-0.3, -0.25) is 65.0 Å². The second-order valence-electron chi connectivity index (χ2n) is 17.8. The number of anilines is 4. The van der Waals surface area contributed by atoms with Crippen LogP contribution in [0.4, 0.5) is 23.8 Å². The van der Waals surface area contributed by atoms with Gasteiger partial charge in [0, 0.05) is 25.7 Å². The summed E-state index contributed by atoms with van der Waals surface area (Å²) in [6.07, 6.45) is -13.5. The summed E-state index contributed by atoms with van der Waals surface area (Å²) in [5.74, 6) is -1.28. The molecule has 0 bridgehead atoms. The van der Waals surface area contributed by atoms with E-state index in [0.717, 1.165) is 21.8 Å². The molecule has 40 nitrogen and oxygen atoms in total. The molecule has 10 heterocycles. The van der Waals surface area contributed by atoms with Crippen LogP contribution in [0.2, 0.25) is 0 Å². The molecule has 10 rings (SSSR count). The van der Waals surface area contributed by atoms with Crippen LogP contribution in [0, 0.1) is 0 Å². The maximum absolute atomic E-state index is 13.8. The highest BCUT2D eigenvalue weighted by atomic mass is 31.2. The van der Waals surface area contributed by atoms with Crippen molar-refractivity contribution < 1.29 is 84.7 Å². The molecule has 0 spiro atoms. The standard InChI is InChI=1S/C36H47N18O22P3/c37-31-43-11-53(35(59)49-31)23-3-15(75-77(61,62)67-6-18-13(56)1-21(71-18)51-9-41-25-27(51)45-33(39)47-29(25)57)20(73-23)8-69-79(65,66)76-16-4-24(54-12-44-32(38)50-36(54)60)72-19(16)7-68-78(63,64)74-14-2-22(70-17(14)5-55)52-10-42-26-28(52)46-34(40)48-30(26)58/h9-24,55-56H,1-8H2,(H,61,62)(H,63,64)(H,65,66)(H2,37,49,59)(H2,38,50,60)(H3,39,45,47,57)(H3,40,46,48,58)/t13-,14-,15-,16-,17-,18-,19-,20-,21-,22-,23-,24-/m1/s1. The Kier molecular flexibility index (Phi) is 15.5. The number of aliphatic hydroxyl groups is 2. The second kappa shape index (κ2) is 21.9. The lowest BCUT2D eigenvalue weighted by atomic mass is 10.2. The minimum Gasteiger partial charge on any atom is -0.394 e. The third-order valence-electron chi connectivity index (χ3n) is 12.6. The van der Waals surface area contributed by atoms with E-state index in [1.54, 1.807) is 0 Å². The highest BCUT2D eigenvalue weighted by Gasteiger charge is 2.48. The van der Waals surface area contributed by atoms with Crippen molar-refractivity contribution in [3.8, 4) is 0 Å². The third kappa shape index (κ3) is 12.2. The molecule has 0 aliphatic carbocycles. The largest absolute Gasteiger partial charge is 0.472 e. The summed E-state index contributed by atoms with van der Waals surface area (Å²) >= 11 is 0. The van der Waals surface area contributed by atoms with E-state index in [1.807, 2.05) is 0 Å². The number of hydrogen-bond acceptors (Lipinski definition) is 31. The molecule has 0 aromatic carbocycles. The van der Waals surface area contributed by atoms with Gasteiger partial charge in [0.2, 0.25) is 23.8 Å². The van der Waals surface area contributed by atoms with Crippen LogP contribution in [0.1, 0.15) is 50.6 Å². The molecule has 0 amide bonds.